The van der Waals surface area contributed by atoms with Gasteiger partial charge in [-0.05, 0) is 56.3 Å². The summed E-state index contributed by atoms with van der Waals surface area (Å²) in [5.41, 5.74) is 4.56. The minimum atomic E-state index is 0.0992. The highest BCUT2D eigenvalue weighted by Gasteiger charge is 2.25. The molecule has 0 radical (unpaired) electrons. The topological polar surface area (TPSA) is 76.8 Å². The Balaban J connectivity index is 1.22. The van der Waals surface area contributed by atoms with E-state index in [0.717, 1.165) is 66.0 Å². The van der Waals surface area contributed by atoms with Crippen LogP contribution in [0.25, 0.3) is 22.2 Å². The Bertz CT molecular complexity index is 1230. The van der Waals surface area contributed by atoms with Gasteiger partial charge in [0.05, 0.1) is 23.1 Å². The van der Waals surface area contributed by atoms with Crippen molar-refractivity contribution in [3.8, 4) is 11.3 Å². The molecular formula is C25H26N6O. The number of ketones is 1. The molecule has 0 amide bonds. The van der Waals surface area contributed by atoms with Crippen molar-refractivity contribution in [2.75, 3.05) is 13.1 Å². The molecule has 1 aliphatic heterocycles. The number of hydrogen-bond donors (Lipinski definition) is 0. The van der Waals surface area contributed by atoms with E-state index in [-0.39, 0.29) is 11.7 Å². The van der Waals surface area contributed by atoms with Crippen LogP contribution in [0.1, 0.15) is 24.2 Å². The average Bonchev–Trinajstić information content (AvgIpc) is 3.26. The second-order valence-corrected chi connectivity index (χ2v) is 8.48. The first-order valence-corrected chi connectivity index (χ1v) is 11.0. The number of carbonyl (C=O) groups excluding carboxylic acids is 1. The van der Waals surface area contributed by atoms with Crippen LogP contribution in [0.15, 0.2) is 61.2 Å². The monoisotopic (exact) mass is 426 g/mol. The second kappa shape index (κ2) is 8.96. The summed E-state index contributed by atoms with van der Waals surface area (Å²) >= 11 is 0. The fourth-order valence-corrected chi connectivity index (χ4v) is 4.33. The molecule has 0 atom stereocenters. The summed E-state index contributed by atoms with van der Waals surface area (Å²) in [5.74, 6) is 0.375. The molecule has 7 heteroatoms. The third-order valence-corrected chi connectivity index (χ3v) is 6.14. The second-order valence-electron chi connectivity index (χ2n) is 8.48. The van der Waals surface area contributed by atoms with Crippen LogP contribution in [0.2, 0.25) is 0 Å². The SMILES string of the molecule is Cn1cc(-c2ccc3cnc(CC(=O)C4CCN(Cc5ccccn5)CC4)cc3n2)cn1. The normalized spacial score (nSPS) is 15.3. The van der Waals surface area contributed by atoms with Crippen LogP contribution < -0.4 is 0 Å². The highest BCUT2D eigenvalue weighted by molar-refractivity contribution is 5.85. The van der Waals surface area contributed by atoms with Crippen LogP contribution in [-0.2, 0) is 24.8 Å². The quantitative estimate of drug-likeness (QED) is 0.470. The number of piperidine rings is 1. The Morgan fingerprint density at radius 1 is 1.06 bits per heavy atom. The lowest BCUT2D eigenvalue weighted by Crippen LogP contribution is -2.36. The fraction of sp³-hybridized carbons (Fsp3) is 0.320. The van der Waals surface area contributed by atoms with Crippen LogP contribution in [0, 0.1) is 5.92 Å². The van der Waals surface area contributed by atoms with Gasteiger partial charge in [0.25, 0.3) is 0 Å². The highest BCUT2D eigenvalue weighted by Crippen LogP contribution is 2.23. The maximum atomic E-state index is 13.0. The van der Waals surface area contributed by atoms with Gasteiger partial charge in [0.15, 0.2) is 0 Å². The maximum Gasteiger partial charge on any atom is 0.142 e. The molecule has 162 valence electrons. The molecule has 0 unspecified atom stereocenters. The van der Waals surface area contributed by atoms with Crippen molar-refractivity contribution in [3.63, 3.8) is 0 Å². The van der Waals surface area contributed by atoms with Crippen molar-refractivity contribution in [1.82, 2.24) is 29.6 Å². The minimum absolute atomic E-state index is 0.0992. The standard InChI is InChI=1S/C25H26N6O/c1-30-16-20(15-28-30)23-6-5-19-14-27-22(12-24(19)29-23)13-25(32)18-7-10-31(11-8-18)17-21-4-2-3-9-26-21/h2-6,9,12,14-16,18H,7-8,10-11,13,17H2,1H3. The molecule has 5 heterocycles. The van der Waals surface area contributed by atoms with E-state index in [1.807, 2.05) is 56.0 Å². The molecule has 0 spiro atoms. The summed E-state index contributed by atoms with van der Waals surface area (Å²) < 4.78 is 1.76. The molecule has 0 N–H and O–H groups in total. The number of pyridine rings is 3. The molecule has 4 aromatic heterocycles. The first-order valence-electron chi connectivity index (χ1n) is 11.0. The van der Waals surface area contributed by atoms with E-state index < -0.39 is 0 Å². The molecular weight excluding hydrogens is 400 g/mol. The zero-order valence-electron chi connectivity index (χ0n) is 18.2. The number of carbonyl (C=O) groups is 1. The Labute approximate surface area is 187 Å². The van der Waals surface area contributed by atoms with Gasteiger partial charge in [-0.15, -0.1) is 0 Å². The molecule has 1 aliphatic rings. The summed E-state index contributed by atoms with van der Waals surface area (Å²) in [4.78, 5) is 29.0. The van der Waals surface area contributed by atoms with Crippen LogP contribution in [0.3, 0.4) is 0 Å². The number of likely N-dealkylation sites (tertiary alicyclic amines) is 1. The van der Waals surface area contributed by atoms with Crippen molar-refractivity contribution in [3.05, 3.63) is 72.6 Å². The van der Waals surface area contributed by atoms with Crippen molar-refractivity contribution in [1.29, 1.82) is 0 Å². The zero-order chi connectivity index (χ0) is 21.9. The van der Waals surface area contributed by atoms with Crippen molar-refractivity contribution < 1.29 is 4.79 Å². The Morgan fingerprint density at radius 2 is 1.94 bits per heavy atom. The molecule has 5 rings (SSSR count). The van der Waals surface area contributed by atoms with E-state index in [2.05, 4.69) is 26.0 Å². The summed E-state index contributed by atoms with van der Waals surface area (Å²) in [7, 11) is 1.89. The van der Waals surface area contributed by atoms with Gasteiger partial charge >= 0.3 is 0 Å². The predicted octanol–water partition coefficient (Wildman–Crippen LogP) is 3.45. The van der Waals surface area contributed by atoms with Gasteiger partial charge in [0, 0.05) is 61.2 Å². The largest absolute Gasteiger partial charge is 0.299 e. The molecule has 0 aliphatic carbocycles. The van der Waals surface area contributed by atoms with Gasteiger partial charge in [-0.2, -0.15) is 5.10 Å². The van der Waals surface area contributed by atoms with Crippen LogP contribution >= 0.6 is 0 Å². The Morgan fingerprint density at radius 3 is 2.69 bits per heavy atom. The maximum absolute atomic E-state index is 13.0. The third-order valence-electron chi connectivity index (χ3n) is 6.14. The lowest BCUT2D eigenvalue weighted by atomic mass is 9.90. The van der Waals surface area contributed by atoms with Gasteiger partial charge < -0.3 is 0 Å². The summed E-state index contributed by atoms with van der Waals surface area (Å²) in [5, 5.41) is 5.19. The lowest BCUT2D eigenvalue weighted by molar-refractivity contribution is -0.123. The Hall–Kier alpha value is -3.45. The van der Waals surface area contributed by atoms with Crippen molar-refractivity contribution >= 4 is 16.7 Å². The smallest absolute Gasteiger partial charge is 0.142 e. The van der Waals surface area contributed by atoms with Crippen molar-refractivity contribution in [2.45, 2.75) is 25.8 Å². The van der Waals surface area contributed by atoms with Gasteiger partial charge in [-0.25, -0.2) is 4.98 Å². The number of hydrogen-bond acceptors (Lipinski definition) is 6. The van der Waals surface area contributed by atoms with Gasteiger partial charge in [0.2, 0.25) is 0 Å². The molecule has 1 saturated heterocycles. The molecule has 0 aromatic carbocycles. The summed E-state index contributed by atoms with van der Waals surface area (Å²) in [6, 6.07) is 11.9. The fourth-order valence-electron chi connectivity index (χ4n) is 4.33. The van der Waals surface area contributed by atoms with E-state index in [1.165, 1.54) is 0 Å². The minimum Gasteiger partial charge on any atom is -0.299 e. The average molecular weight is 427 g/mol. The molecule has 1 fully saturated rings. The number of Topliss-reactive ketones (excluding diaryl/α,β-unsaturated/α-hetero) is 1. The molecule has 0 saturated carbocycles. The van der Waals surface area contributed by atoms with E-state index in [1.54, 1.807) is 10.9 Å². The first-order chi connectivity index (χ1) is 15.6. The number of fused-ring (bicyclic) bond motifs is 1. The first kappa shape index (κ1) is 20.5. The highest BCUT2D eigenvalue weighted by atomic mass is 16.1. The molecule has 32 heavy (non-hydrogen) atoms. The van der Waals surface area contributed by atoms with Crippen LogP contribution in [0.4, 0.5) is 0 Å². The number of rotatable bonds is 6. The number of aryl methyl sites for hydroxylation is 1. The van der Waals surface area contributed by atoms with Crippen LogP contribution in [-0.4, -0.2) is 48.5 Å². The van der Waals surface area contributed by atoms with E-state index in [0.29, 0.717) is 6.42 Å². The summed E-state index contributed by atoms with van der Waals surface area (Å²) in [6.45, 7) is 2.70. The van der Waals surface area contributed by atoms with E-state index >= 15 is 0 Å². The molecule has 4 aromatic rings. The number of nitrogens with zero attached hydrogens (tertiary/aromatic N) is 6. The van der Waals surface area contributed by atoms with E-state index in [9.17, 15) is 4.79 Å². The van der Waals surface area contributed by atoms with Crippen molar-refractivity contribution in [2.24, 2.45) is 13.0 Å². The molecule has 7 nitrogen and oxygen atoms in total. The lowest BCUT2D eigenvalue weighted by Gasteiger charge is -2.30. The van der Waals surface area contributed by atoms with E-state index in [4.69, 9.17) is 4.98 Å². The van der Waals surface area contributed by atoms with Gasteiger partial charge in [-0.1, -0.05) is 6.07 Å². The third kappa shape index (κ3) is 4.57. The number of aromatic nitrogens is 5. The van der Waals surface area contributed by atoms with Gasteiger partial charge in [-0.3, -0.25) is 24.3 Å². The zero-order valence-corrected chi connectivity index (χ0v) is 18.2. The predicted molar refractivity (Wildman–Crippen MR) is 123 cm³/mol. The van der Waals surface area contributed by atoms with Crippen LogP contribution in [0.5, 0.6) is 0 Å². The van der Waals surface area contributed by atoms with Gasteiger partial charge in [0.1, 0.15) is 5.78 Å². The molecule has 0 bridgehead atoms. The Kier molecular flexibility index (Phi) is 5.73. The summed E-state index contributed by atoms with van der Waals surface area (Å²) in [6.07, 6.45) is 9.54.